The van der Waals surface area contributed by atoms with Gasteiger partial charge in [-0.1, -0.05) is 34.1 Å². The maximum atomic E-state index is 11.6. The fourth-order valence-electron chi connectivity index (χ4n) is 3.19. The molecule has 1 amide bonds. The molecule has 1 saturated heterocycles. The van der Waals surface area contributed by atoms with Crippen LogP contribution in [0.1, 0.15) is 61.3 Å². The number of aliphatic hydroxyl groups is 2. The SMILES string of the molecule is CCC(C)(C)OC1OC(CO)C(C(C)(C)CC)C(O)C1NC(C)=O. The van der Waals surface area contributed by atoms with Crippen LogP contribution >= 0.6 is 0 Å². The van der Waals surface area contributed by atoms with Crippen LogP contribution in [0.25, 0.3) is 0 Å². The van der Waals surface area contributed by atoms with Gasteiger partial charge in [0.2, 0.25) is 5.91 Å². The highest BCUT2D eigenvalue weighted by atomic mass is 16.7. The fourth-order valence-corrected chi connectivity index (χ4v) is 3.19. The maximum Gasteiger partial charge on any atom is 0.217 e. The predicted octanol–water partition coefficient (Wildman–Crippen LogP) is 1.83. The number of hydrogen-bond acceptors (Lipinski definition) is 5. The molecule has 6 heteroatoms. The van der Waals surface area contributed by atoms with E-state index in [1.54, 1.807) is 0 Å². The molecule has 0 aromatic heterocycles. The van der Waals surface area contributed by atoms with E-state index >= 15 is 0 Å². The second-order valence-corrected chi connectivity index (χ2v) is 8.04. The molecule has 5 atom stereocenters. The normalized spacial score (nSPS) is 31.8. The molecule has 0 aromatic rings. The van der Waals surface area contributed by atoms with Crippen molar-refractivity contribution in [3.63, 3.8) is 0 Å². The van der Waals surface area contributed by atoms with Crippen LogP contribution in [0.15, 0.2) is 0 Å². The summed E-state index contributed by atoms with van der Waals surface area (Å²) in [5, 5.41) is 23.6. The summed E-state index contributed by atoms with van der Waals surface area (Å²) >= 11 is 0. The Labute approximate surface area is 145 Å². The van der Waals surface area contributed by atoms with Gasteiger partial charge in [0.1, 0.15) is 6.04 Å². The molecule has 1 aliphatic rings. The van der Waals surface area contributed by atoms with E-state index in [1.807, 2.05) is 41.5 Å². The van der Waals surface area contributed by atoms with Gasteiger partial charge in [-0.2, -0.15) is 0 Å². The lowest BCUT2D eigenvalue weighted by Gasteiger charge is -2.51. The third-order valence-electron chi connectivity index (χ3n) is 5.39. The van der Waals surface area contributed by atoms with Crippen molar-refractivity contribution >= 4 is 5.91 Å². The van der Waals surface area contributed by atoms with Gasteiger partial charge in [0.25, 0.3) is 0 Å². The molecule has 0 aliphatic carbocycles. The standard InChI is InChI=1S/C18H35NO5/c1-8-17(4,5)13-12(10-20)23-16(24-18(6,7)9-2)14(15(13)22)19-11(3)21/h12-16,20,22H,8-10H2,1-7H3,(H,19,21). The number of hydrogen-bond donors (Lipinski definition) is 3. The summed E-state index contributed by atoms with van der Waals surface area (Å²) in [6.45, 7) is 13.2. The number of rotatable bonds is 7. The Morgan fingerprint density at radius 3 is 2.21 bits per heavy atom. The summed E-state index contributed by atoms with van der Waals surface area (Å²) in [6, 6.07) is -0.674. The van der Waals surface area contributed by atoms with E-state index < -0.39 is 30.1 Å². The molecule has 1 fully saturated rings. The number of ether oxygens (including phenoxy) is 2. The van der Waals surface area contributed by atoms with Crippen molar-refractivity contribution in [3.05, 3.63) is 0 Å². The van der Waals surface area contributed by atoms with Gasteiger partial charge in [-0.25, -0.2) is 0 Å². The average Bonchev–Trinajstić information content (AvgIpc) is 2.49. The molecular formula is C18H35NO5. The van der Waals surface area contributed by atoms with Crippen molar-refractivity contribution in [1.82, 2.24) is 5.32 Å². The summed E-state index contributed by atoms with van der Waals surface area (Å²) in [5.41, 5.74) is -0.719. The highest BCUT2D eigenvalue weighted by Gasteiger charge is 2.51. The predicted molar refractivity (Wildman–Crippen MR) is 92.4 cm³/mol. The molecule has 0 radical (unpaired) electrons. The van der Waals surface area contributed by atoms with Crippen molar-refractivity contribution < 1.29 is 24.5 Å². The van der Waals surface area contributed by atoms with E-state index in [-0.39, 0.29) is 23.8 Å². The Morgan fingerprint density at radius 1 is 1.21 bits per heavy atom. The van der Waals surface area contributed by atoms with Gasteiger partial charge >= 0.3 is 0 Å². The van der Waals surface area contributed by atoms with Crippen LogP contribution in [0.3, 0.4) is 0 Å². The van der Waals surface area contributed by atoms with E-state index in [0.29, 0.717) is 0 Å². The van der Waals surface area contributed by atoms with Crippen LogP contribution in [0.2, 0.25) is 0 Å². The second-order valence-electron chi connectivity index (χ2n) is 8.04. The zero-order chi connectivity index (χ0) is 18.7. The molecule has 0 saturated carbocycles. The summed E-state index contributed by atoms with van der Waals surface area (Å²) in [6.07, 6.45) is -0.651. The van der Waals surface area contributed by atoms with Crippen LogP contribution in [0.4, 0.5) is 0 Å². The molecule has 0 aromatic carbocycles. The lowest BCUT2D eigenvalue weighted by Crippen LogP contribution is -2.65. The Hall–Kier alpha value is -0.690. The molecule has 0 spiro atoms. The molecule has 3 N–H and O–H groups in total. The van der Waals surface area contributed by atoms with Crippen molar-refractivity contribution in [2.75, 3.05) is 6.61 Å². The largest absolute Gasteiger partial charge is 0.394 e. The maximum absolute atomic E-state index is 11.6. The van der Waals surface area contributed by atoms with Crippen molar-refractivity contribution in [1.29, 1.82) is 0 Å². The van der Waals surface area contributed by atoms with Gasteiger partial charge < -0.3 is 25.0 Å². The number of carbonyl (C=O) groups is 1. The molecule has 1 aliphatic heterocycles. The van der Waals surface area contributed by atoms with Gasteiger partial charge in [-0.15, -0.1) is 0 Å². The lowest BCUT2D eigenvalue weighted by atomic mass is 9.68. The van der Waals surface area contributed by atoms with E-state index in [2.05, 4.69) is 5.32 Å². The van der Waals surface area contributed by atoms with Crippen LogP contribution in [0.5, 0.6) is 0 Å². The Kier molecular flexibility index (Phi) is 7.23. The van der Waals surface area contributed by atoms with Gasteiger partial charge in [0.05, 0.1) is 24.4 Å². The van der Waals surface area contributed by atoms with Crippen LogP contribution in [0, 0.1) is 11.3 Å². The van der Waals surface area contributed by atoms with Gasteiger partial charge in [0.15, 0.2) is 6.29 Å². The first kappa shape index (κ1) is 21.4. The third-order valence-corrected chi connectivity index (χ3v) is 5.39. The van der Waals surface area contributed by atoms with Crippen LogP contribution in [-0.4, -0.2) is 52.9 Å². The summed E-state index contributed by atoms with van der Waals surface area (Å²) in [5.74, 6) is -0.560. The van der Waals surface area contributed by atoms with Crippen molar-refractivity contribution in [2.24, 2.45) is 11.3 Å². The highest BCUT2D eigenvalue weighted by molar-refractivity contribution is 5.73. The first-order valence-electron chi connectivity index (χ1n) is 8.88. The topological polar surface area (TPSA) is 88.0 Å². The zero-order valence-electron chi connectivity index (χ0n) is 16.1. The van der Waals surface area contributed by atoms with Crippen molar-refractivity contribution in [2.45, 2.75) is 91.4 Å². The molecule has 142 valence electrons. The van der Waals surface area contributed by atoms with E-state index in [1.165, 1.54) is 6.92 Å². The quantitative estimate of drug-likeness (QED) is 0.655. The first-order valence-corrected chi connectivity index (χ1v) is 8.88. The van der Waals surface area contributed by atoms with E-state index in [0.717, 1.165) is 12.8 Å². The van der Waals surface area contributed by atoms with Gasteiger partial charge in [0, 0.05) is 12.8 Å². The van der Waals surface area contributed by atoms with Crippen LogP contribution in [-0.2, 0) is 14.3 Å². The molecular weight excluding hydrogens is 310 g/mol. The van der Waals surface area contributed by atoms with Crippen LogP contribution < -0.4 is 5.32 Å². The minimum absolute atomic E-state index is 0.204. The van der Waals surface area contributed by atoms with Gasteiger partial charge in [-0.3, -0.25) is 4.79 Å². The minimum atomic E-state index is -0.868. The average molecular weight is 345 g/mol. The molecule has 1 heterocycles. The number of aliphatic hydroxyl groups excluding tert-OH is 2. The molecule has 5 unspecified atom stereocenters. The van der Waals surface area contributed by atoms with E-state index in [9.17, 15) is 15.0 Å². The Balaban J connectivity index is 3.16. The second kappa shape index (κ2) is 8.13. The molecule has 0 bridgehead atoms. The minimum Gasteiger partial charge on any atom is -0.394 e. The van der Waals surface area contributed by atoms with E-state index in [4.69, 9.17) is 9.47 Å². The number of nitrogens with one attached hydrogen (secondary N) is 1. The number of carbonyl (C=O) groups excluding carboxylic acids is 1. The van der Waals surface area contributed by atoms with Crippen molar-refractivity contribution in [3.8, 4) is 0 Å². The number of amides is 1. The highest BCUT2D eigenvalue weighted by Crippen LogP contribution is 2.42. The summed E-state index contributed by atoms with van der Waals surface area (Å²) < 4.78 is 12.0. The third kappa shape index (κ3) is 4.91. The molecule has 24 heavy (non-hydrogen) atoms. The molecule has 6 nitrogen and oxygen atoms in total. The fraction of sp³-hybridized carbons (Fsp3) is 0.944. The lowest BCUT2D eigenvalue weighted by molar-refractivity contribution is -0.296. The van der Waals surface area contributed by atoms with Gasteiger partial charge in [-0.05, 0) is 25.7 Å². The monoisotopic (exact) mass is 345 g/mol. The Morgan fingerprint density at radius 2 is 1.79 bits per heavy atom. The summed E-state index contributed by atoms with van der Waals surface area (Å²) in [4.78, 5) is 11.6. The first-order chi connectivity index (χ1) is 11.0. The molecule has 1 rings (SSSR count). The Bertz CT molecular complexity index is 422. The summed E-state index contributed by atoms with van der Waals surface area (Å²) in [7, 11) is 0. The smallest absolute Gasteiger partial charge is 0.217 e. The zero-order valence-corrected chi connectivity index (χ0v) is 16.1.